The number of carbonyl (C=O) groups is 2. The summed E-state index contributed by atoms with van der Waals surface area (Å²) in [5.41, 5.74) is 5.25. The van der Waals surface area contributed by atoms with E-state index >= 15 is 0 Å². The van der Waals surface area contributed by atoms with Gasteiger partial charge in [-0.1, -0.05) is 0 Å². The first kappa shape index (κ1) is 10.4. The summed E-state index contributed by atoms with van der Waals surface area (Å²) in [5, 5.41) is 0. The molecule has 0 spiro atoms. The smallest absolute Gasteiger partial charge is 0.252 e. The predicted octanol–water partition coefficient (Wildman–Crippen LogP) is -0.358. The number of hydrogen-bond acceptors (Lipinski definition) is 3. The number of ether oxygens (including phenoxy) is 1. The van der Waals surface area contributed by atoms with Gasteiger partial charge in [0.15, 0.2) is 0 Å². The second kappa shape index (κ2) is 4.18. The molecule has 0 radical (unpaired) electrons. The van der Waals surface area contributed by atoms with Crippen LogP contribution >= 0.6 is 0 Å². The van der Waals surface area contributed by atoms with Crippen molar-refractivity contribution in [3.05, 3.63) is 0 Å². The molecule has 2 fully saturated rings. The summed E-state index contributed by atoms with van der Waals surface area (Å²) in [6.07, 6.45) is 2.89. The molecule has 5 nitrogen and oxygen atoms in total. The standard InChI is InChI=1S/C10H16N2O3/c11-9(13)7-3-1-5-12(7)10(14)8-4-2-6-15-8/h7-8H,1-6H2,(H2,11,13)/t7-,8+/m0/s1. The van der Waals surface area contributed by atoms with Crippen molar-refractivity contribution in [2.75, 3.05) is 13.2 Å². The number of nitrogens with two attached hydrogens (primary N) is 1. The minimum atomic E-state index is -0.415. The van der Waals surface area contributed by atoms with Gasteiger partial charge < -0.3 is 15.4 Å². The van der Waals surface area contributed by atoms with Crippen molar-refractivity contribution < 1.29 is 14.3 Å². The molecule has 0 aromatic carbocycles. The van der Waals surface area contributed by atoms with Gasteiger partial charge in [-0.25, -0.2) is 0 Å². The fourth-order valence-corrected chi connectivity index (χ4v) is 2.28. The van der Waals surface area contributed by atoms with Crippen LogP contribution in [0.5, 0.6) is 0 Å². The molecule has 2 aliphatic rings. The zero-order valence-corrected chi connectivity index (χ0v) is 8.65. The molecule has 2 aliphatic heterocycles. The van der Waals surface area contributed by atoms with Crippen LogP contribution in [0.1, 0.15) is 25.7 Å². The van der Waals surface area contributed by atoms with E-state index in [9.17, 15) is 9.59 Å². The number of likely N-dealkylation sites (tertiary alicyclic amines) is 1. The second-order valence-electron chi connectivity index (χ2n) is 4.09. The van der Waals surface area contributed by atoms with Crippen LogP contribution in [0, 0.1) is 0 Å². The molecule has 0 aromatic heterocycles. The summed E-state index contributed by atoms with van der Waals surface area (Å²) in [6.45, 7) is 1.28. The molecule has 0 aromatic rings. The van der Waals surface area contributed by atoms with Gasteiger partial charge in [0.05, 0.1) is 0 Å². The molecule has 2 saturated heterocycles. The monoisotopic (exact) mass is 212 g/mol. The zero-order chi connectivity index (χ0) is 10.8. The lowest BCUT2D eigenvalue weighted by atomic mass is 10.2. The highest BCUT2D eigenvalue weighted by molar-refractivity contribution is 5.89. The molecule has 0 saturated carbocycles. The average molecular weight is 212 g/mol. The Morgan fingerprint density at radius 2 is 2.07 bits per heavy atom. The fourth-order valence-electron chi connectivity index (χ4n) is 2.28. The van der Waals surface area contributed by atoms with Crippen LogP contribution in [0.3, 0.4) is 0 Å². The largest absolute Gasteiger partial charge is 0.368 e. The Labute approximate surface area is 88.5 Å². The molecular formula is C10H16N2O3. The Hall–Kier alpha value is -1.10. The van der Waals surface area contributed by atoms with E-state index < -0.39 is 11.9 Å². The van der Waals surface area contributed by atoms with Crippen LogP contribution in [0.15, 0.2) is 0 Å². The van der Waals surface area contributed by atoms with E-state index in [0.29, 0.717) is 19.6 Å². The van der Waals surface area contributed by atoms with Crippen LogP contribution < -0.4 is 5.73 Å². The molecule has 15 heavy (non-hydrogen) atoms. The lowest BCUT2D eigenvalue weighted by Crippen LogP contribution is -2.47. The molecule has 0 unspecified atom stereocenters. The SMILES string of the molecule is NC(=O)[C@@H]1CCCN1C(=O)[C@H]1CCCO1. The van der Waals surface area contributed by atoms with Crippen LogP contribution in [-0.4, -0.2) is 42.0 Å². The quantitative estimate of drug-likeness (QED) is 0.679. The Morgan fingerprint density at radius 1 is 1.27 bits per heavy atom. The Kier molecular flexibility index (Phi) is 2.90. The van der Waals surface area contributed by atoms with E-state index in [4.69, 9.17) is 10.5 Å². The lowest BCUT2D eigenvalue weighted by molar-refractivity contribution is -0.145. The van der Waals surface area contributed by atoms with Gasteiger partial charge >= 0.3 is 0 Å². The summed E-state index contributed by atoms with van der Waals surface area (Å²) >= 11 is 0. The van der Waals surface area contributed by atoms with Gasteiger partial charge in [-0.2, -0.15) is 0 Å². The minimum Gasteiger partial charge on any atom is -0.368 e. The Morgan fingerprint density at radius 3 is 2.67 bits per heavy atom. The van der Waals surface area contributed by atoms with Gasteiger partial charge in [0.1, 0.15) is 12.1 Å². The number of nitrogens with zero attached hydrogens (tertiary/aromatic N) is 1. The zero-order valence-electron chi connectivity index (χ0n) is 8.65. The molecule has 2 heterocycles. The molecule has 2 rings (SSSR count). The maximum atomic E-state index is 12.0. The van der Waals surface area contributed by atoms with E-state index in [1.807, 2.05) is 0 Å². The fraction of sp³-hybridized carbons (Fsp3) is 0.800. The van der Waals surface area contributed by atoms with Crippen LogP contribution in [-0.2, 0) is 14.3 Å². The van der Waals surface area contributed by atoms with Gasteiger partial charge in [-0.3, -0.25) is 9.59 Å². The van der Waals surface area contributed by atoms with E-state index in [2.05, 4.69) is 0 Å². The average Bonchev–Trinajstić information content (AvgIpc) is 2.88. The van der Waals surface area contributed by atoms with Gasteiger partial charge in [0, 0.05) is 13.2 Å². The maximum absolute atomic E-state index is 12.0. The normalized spacial score (nSPS) is 30.8. The van der Waals surface area contributed by atoms with Gasteiger partial charge in [-0.05, 0) is 25.7 Å². The summed E-state index contributed by atoms with van der Waals surface area (Å²) in [6, 6.07) is -0.415. The first-order valence-corrected chi connectivity index (χ1v) is 5.41. The summed E-state index contributed by atoms with van der Waals surface area (Å²) in [4.78, 5) is 24.7. The molecule has 2 amide bonds. The van der Waals surface area contributed by atoms with E-state index in [1.165, 1.54) is 0 Å². The topological polar surface area (TPSA) is 72.6 Å². The van der Waals surface area contributed by atoms with E-state index in [0.717, 1.165) is 19.3 Å². The highest BCUT2D eigenvalue weighted by Crippen LogP contribution is 2.22. The molecule has 2 atom stereocenters. The van der Waals surface area contributed by atoms with Crippen molar-refractivity contribution >= 4 is 11.8 Å². The number of primary amides is 1. The summed E-state index contributed by atoms with van der Waals surface area (Å²) < 4.78 is 5.31. The predicted molar refractivity (Wildman–Crippen MR) is 52.9 cm³/mol. The van der Waals surface area contributed by atoms with Crippen molar-refractivity contribution in [1.29, 1.82) is 0 Å². The third-order valence-electron chi connectivity index (χ3n) is 3.07. The number of carbonyl (C=O) groups excluding carboxylic acids is 2. The van der Waals surface area contributed by atoms with Crippen molar-refractivity contribution in [3.8, 4) is 0 Å². The van der Waals surface area contributed by atoms with E-state index in [1.54, 1.807) is 4.90 Å². The van der Waals surface area contributed by atoms with Crippen molar-refractivity contribution in [3.63, 3.8) is 0 Å². The molecule has 0 aliphatic carbocycles. The summed E-state index contributed by atoms with van der Waals surface area (Å²) in [5.74, 6) is -0.465. The van der Waals surface area contributed by atoms with Crippen LogP contribution in [0.2, 0.25) is 0 Å². The minimum absolute atomic E-state index is 0.0613. The first-order chi connectivity index (χ1) is 7.20. The second-order valence-corrected chi connectivity index (χ2v) is 4.09. The Bertz CT molecular complexity index is 274. The van der Waals surface area contributed by atoms with Crippen molar-refractivity contribution in [2.24, 2.45) is 5.73 Å². The maximum Gasteiger partial charge on any atom is 0.252 e. The summed E-state index contributed by atoms with van der Waals surface area (Å²) in [7, 11) is 0. The third-order valence-corrected chi connectivity index (χ3v) is 3.07. The van der Waals surface area contributed by atoms with Gasteiger partial charge in [0.2, 0.25) is 5.91 Å². The Balaban J connectivity index is 2.02. The molecule has 5 heteroatoms. The molecule has 84 valence electrons. The highest BCUT2D eigenvalue weighted by atomic mass is 16.5. The van der Waals surface area contributed by atoms with Crippen molar-refractivity contribution in [2.45, 2.75) is 37.8 Å². The van der Waals surface area contributed by atoms with Gasteiger partial charge in [0.25, 0.3) is 5.91 Å². The first-order valence-electron chi connectivity index (χ1n) is 5.41. The van der Waals surface area contributed by atoms with Crippen LogP contribution in [0.4, 0.5) is 0 Å². The third kappa shape index (κ3) is 1.97. The number of rotatable bonds is 2. The molecular weight excluding hydrogens is 196 g/mol. The molecule has 2 N–H and O–H groups in total. The number of amides is 2. The lowest BCUT2D eigenvalue weighted by Gasteiger charge is -2.24. The van der Waals surface area contributed by atoms with Crippen molar-refractivity contribution in [1.82, 2.24) is 4.90 Å². The van der Waals surface area contributed by atoms with E-state index in [-0.39, 0.29) is 12.0 Å². The molecule has 0 bridgehead atoms. The number of hydrogen-bond donors (Lipinski definition) is 1. The highest BCUT2D eigenvalue weighted by Gasteiger charge is 2.37. The van der Waals surface area contributed by atoms with Gasteiger partial charge in [-0.15, -0.1) is 0 Å². The van der Waals surface area contributed by atoms with Crippen LogP contribution in [0.25, 0.3) is 0 Å².